The van der Waals surface area contributed by atoms with Crippen LogP contribution in [0, 0.1) is 11.6 Å². The number of halogens is 3. The van der Waals surface area contributed by atoms with Crippen LogP contribution in [0.3, 0.4) is 0 Å². The lowest BCUT2D eigenvalue weighted by molar-refractivity contribution is 0.0963. The van der Waals surface area contributed by atoms with Gasteiger partial charge in [-0.25, -0.2) is 13.6 Å². The molecule has 1 amide bonds. The number of likely N-dealkylation sites (tertiary alicyclic amines) is 1. The van der Waals surface area contributed by atoms with E-state index in [0.717, 1.165) is 18.9 Å². The summed E-state index contributed by atoms with van der Waals surface area (Å²) in [5.74, 6) is -0.465. The molecule has 9 heteroatoms. The molecule has 0 aromatic heterocycles. The minimum absolute atomic E-state index is 0. The maximum absolute atomic E-state index is 13.7. The number of piperidine rings is 1. The van der Waals surface area contributed by atoms with Crippen LogP contribution in [-0.4, -0.2) is 55.8 Å². The number of aliphatic imine (C=N–C) groups is 1. The van der Waals surface area contributed by atoms with Gasteiger partial charge in [-0.2, -0.15) is 0 Å². The monoisotopic (exact) mass is 510 g/mol. The number of benzene rings is 1. The molecular formula is C19H29F2IN4O2. The summed E-state index contributed by atoms with van der Waals surface area (Å²) in [4.78, 5) is 17.9. The van der Waals surface area contributed by atoms with Gasteiger partial charge in [-0.3, -0.25) is 4.99 Å². The molecule has 28 heavy (non-hydrogen) atoms. The van der Waals surface area contributed by atoms with E-state index in [1.165, 1.54) is 12.1 Å². The minimum Gasteiger partial charge on any atom is -0.450 e. The van der Waals surface area contributed by atoms with Crippen molar-refractivity contribution >= 4 is 36.0 Å². The third kappa shape index (κ3) is 7.76. The Balaban J connectivity index is 0.00000392. The van der Waals surface area contributed by atoms with Crippen LogP contribution in [0.2, 0.25) is 0 Å². The Morgan fingerprint density at radius 3 is 2.61 bits per heavy atom. The molecule has 0 radical (unpaired) electrons. The molecule has 1 aromatic carbocycles. The van der Waals surface area contributed by atoms with E-state index in [2.05, 4.69) is 15.6 Å². The quantitative estimate of drug-likeness (QED) is 0.350. The van der Waals surface area contributed by atoms with E-state index in [1.807, 2.05) is 6.92 Å². The SMILES string of the molecule is CCNC(=NCCc1ccc(F)cc1F)NC1CCN(C(=O)OCC)CC1.I. The highest BCUT2D eigenvalue weighted by Crippen LogP contribution is 2.12. The van der Waals surface area contributed by atoms with Crippen LogP contribution in [0.25, 0.3) is 0 Å². The fourth-order valence-corrected chi connectivity index (χ4v) is 2.95. The summed E-state index contributed by atoms with van der Waals surface area (Å²) < 4.78 is 31.7. The maximum atomic E-state index is 13.7. The fraction of sp³-hybridized carbons (Fsp3) is 0.579. The number of carbonyl (C=O) groups excluding carboxylic acids is 1. The molecular weight excluding hydrogens is 481 g/mol. The van der Waals surface area contributed by atoms with Gasteiger partial charge in [0, 0.05) is 38.3 Å². The summed E-state index contributed by atoms with van der Waals surface area (Å²) in [5.41, 5.74) is 0.443. The van der Waals surface area contributed by atoms with Gasteiger partial charge in [0.2, 0.25) is 0 Å². The van der Waals surface area contributed by atoms with E-state index < -0.39 is 11.6 Å². The van der Waals surface area contributed by atoms with Crippen LogP contribution >= 0.6 is 24.0 Å². The standard InChI is InChI=1S/C19H28F2N4O2.HI/c1-3-22-18(23-10-7-14-5-6-15(20)13-17(14)21)24-16-8-11-25(12-9-16)19(26)27-4-2;/h5-6,13,16H,3-4,7-12H2,1-2H3,(H2,22,23,24);1H. The maximum Gasteiger partial charge on any atom is 0.409 e. The number of carbonyl (C=O) groups is 1. The Bertz CT molecular complexity index is 653. The summed E-state index contributed by atoms with van der Waals surface area (Å²) >= 11 is 0. The lowest BCUT2D eigenvalue weighted by Gasteiger charge is -2.32. The second-order valence-corrected chi connectivity index (χ2v) is 6.35. The van der Waals surface area contributed by atoms with E-state index in [-0.39, 0.29) is 36.1 Å². The summed E-state index contributed by atoms with van der Waals surface area (Å²) in [5, 5.41) is 6.54. The van der Waals surface area contributed by atoms with E-state index in [9.17, 15) is 13.6 Å². The van der Waals surface area contributed by atoms with Gasteiger partial charge in [0.1, 0.15) is 11.6 Å². The fourth-order valence-electron chi connectivity index (χ4n) is 2.95. The second kappa shape index (κ2) is 12.7. The molecule has 1 aromatic rings. The summed E-state index contributed by atoms with van der Waals surface area (Å²) in [6.07, 6.45) is 1.73. The average Bonchev–Trinajstić information content (AvgIpc) is 2.64. The van der Waals surface area contributed by atoms with Crippen LogP contribution in [-0.2, 0) is 11.2 Å². The van der Waals surface area contributed by atoms with Gasteiger partial charge in [-0.15, -0.1) is 24.0 Å². The van der Waals surface area contributed by atoms with Crippen molar-refractivity contribution in [3.8, 4) is 0 Å². The summed E-state index contributed by atoms with van der Waals surface area (Å²) in [6, 6.07) is 3.80. The van der Waals surface area contributed by atoms with Crippen LogP contribution < -0.4 is 10.6 Å². The highest BCUT2D eigenvalue weighted by molar-refractivity contribution is 14.0. The number of ether oxygens (including phenoxy) is 1. The number of nitrogens with one attached hydrogen (secondary N) is 2. The third-order valence-corrected chi connectivity index (χ3v) is 4.37. The van der Waals surface area contributed by atoms with Crippen LogP contribution in [0.5, 0.6) is 0 Å². The molecule has 158 valence electrons. The number of hydrogen-bond acceptors (Lipinski definition) is 3. The van der Waals surface area contributed by atoms with Crippen LogP contribution in [0.1, 0.15) is 32.3 Å². The molecule has 0 atom stereocenters. The Hall–Kier alpha value is -1.65. The third-order valence-electron chi connectivity index (χ3n) is 4.37. The molecule has 1 fully saturated rings. The first kappa shape index (κ1) is 24.4. The molecule has 1 heterocycles. The Kier molecular flexibility index (Phi) is 11.1. The predicted octanol–water partition coefficient (Wildman–Crippen LogP) is 3.30. The summed E-state index contributed by atoms with van der Waals surface area (Å²) in [6.45, 7) is 6.51. The lowest BCUT2D eigenvalue weighted by Crippen LogP contribution is -2.50. The first-order valence-electron chi connectivity index (χ1n) is 9.44. The van der Waals surface area contributed by atoms with Crippen molar-refractivity contribution in [2.75, 3.05) is 32.8 Å². The normalized spacial score (nSPS) is 15.0. The number of rotatable bonds is 6. The van der Waals surface area contributed by atoms with Gasteiger partial charge in [0.05, 0.1) is 6.61 Å². The minimum atomic E-state index is -0.580. The Morgan fingerprint density at radius 2 is 2.00 bits per heavy atom. The number of guanidine groups is 1. The molecule has 0 saturated carbocycles. The van der Waals surface area contributed by atoms with E-state index in [4.69, 9.17) is 4.74 Å². The van der Waals surface area contributed by atoms with Crippen molar-refractivity contribution in [2.24, 2.45) is 4.99 Å². The largest absolute Gasteiger partial charge is 0.450 e. The van der Waals surface area contributed by atoms with Crippen molar-refractivity contribution in [1.82, 2.24) is 15.5 Å². The number of nitrogens with zero attached hydrogens (tertiary/aromatic N) is 2. The van der Waals surface area contributed by atoms with Gasteiger partial charge in [0.25, 0.3) is 0 Å². The number of hydrogen-bond donors (Lipinski definition) is 2. The van der Waals surface area contributed by atoms with Gasteiger partial charge in [-0.1, -0.05) is 6.07 Å². The average molecular weight is 510 g/mol. The Labute approximate surface area is 182 Å². The van der Waals surface area contributed by atoms with Crippen LogP contribution in [0.15, 0.2) is 23.2 Å². The van der Waals surface area contributed by atoms with Crippen molar-refractivity contribution in [2.45, 2.75) is 39.2 Å². The number of amides is 1. The highest BCUT2D eigenvalue weighted by Gasteiger charge is 2.24. The van der Waals surface area contributed by atoms with Crippen molar-refractivity contribution in [3.05, 3.63) is 35.4 Å². The molecule has 2 N–H and O–H groups in total. The lowest BCUT2D eigenvalue weighted by atomic mass is 10.1. The van der Waals surface area contributed by atoms with Crippen molar-refractivity contribution < 1.29 is 18.3 Å². The van der Waals surface area contributed by atoms with Crippen molar-refractivity contribution in [1.29, 1.82) is 0 Å². The molecule has 0 unspecified atom stereocenters. The zero-order valence-corrected chi connectivity index (χ0v) is 18.7. The van der Waals surface area contributed by atoms with Gasteiger partial charge in [-0.05, 0) is 44.7 Å². The summed E-state index contributed by atoms with van der Waals surface area (Å²) in [7, 11) is 0. The van der Waals surface area contributed by atoms with Gasteiger partial charge < -0.3 is 20.3 Å². The second-order valence-electron chi connectivity index (χ2n) is 6.35. The first-order valence-corrected chi connectivity index (χ1v) is 9.44. The molecule has 1 aliphatic rings. The zero-order valence-electron chi connectivity index (χ0n) is 16.3. The highest BCUT2D eigenvalue weighted by atomic mass is 127. The van der Waals surface area contributed by atoms with Crippen LogP contribution in [0.4, 0.5) is 13.6 Å². The topological polar surface area (TPSA) is 66.0 Å². The molecule has 1 saturated heterocycles. The molecule has 0 bridgehead atoms. The first-order chi connectivity index (χ1) is 13.0. The smallest absolute Gasteiger partial charge is 0.409 e. The van der Waals surface area contributed by atoms with Crippen molar-refractivity contribution in [3.63, 3.8) is 0 Å². The molecule has 1 aliphatic heterocycles. The molecule has 2 rings (SSSR count). The molecule has 0 spiro atoms. The van der Waals surface area contributed by atoms with Gasteiger partial charge >= 0.3 is 6.09 Å². The van der Waals surface area contributed by atoms with E-state index in [1.54, 1.807) is 11.8 Å². The van der Waals surface area contributed by atoms with Gasteiger partial charge in [0.15, 0.2) is 5.96 Å². The molecule has 6 nitrogen and oxygen atoms in total. The Morgan fingerprint density at radius 1 is 1.29 bits per heavy atom. The van der Waals surface area contributed by atoms with E-state index in [0.29, 0.717) is 50.7 Å². The predicted molar refractivity (Wildman–Crippen MR) is 116 cm³/mol. The zero-order chi connectivity index (χ0) is 19.6. The molecule has 0 aliphatic carbocycles. The van der Waals surface area contributed by atoms with E-state index >= 15 is 0 Å².